The van der Waals surface area contributed by atoms with E-state index in [2.05, 4.69) is 18.8 Å². The van der Waals surface area contributed by atoms with Crippen molar-refractivity contribution >= 4 is 32.8 Å². The van der Waals surface area contributed by atoms with Crippen LogP contribution in [0.25, 0.3) is 0 Å². The van der Waals surface area contributed by atoms with Crippen molar-refractivity contribution in [3.05, 3.63) is 18.2 Å². The molecule has 2 aliphatic rings. The van der Waals surface area contributed by atoms with Crippen LogP contribution in [0.1, 0.15) is 6.42 Å². The van der Waals surface area contributed by atoms with Gasteiger partial charge < -0.3 is 5.32 Å². The van der Waals surface area contributed by atoms with Gasteiger partial charge in [0, 0.05) is 12.6 Å². The second-order valence-corrected chi connectivity index (χ2v) is 6.41. The highest BCUT2D eigenvalue weighted by molar-refractivity contribution is 7.89. The summed E-state index contributed by atoms with van der Waals surface area (Å²) in [5, 5.41) is 3.13. The molecular weight excluding hydrogens is 272 g/mol. The second-order valence-electron chi connectivity index (χ2n) is 4.20. The first-order chi connectivity index (χ1) is 8.67. The van der Waals surface area contributed by atoms with Crippen LogP contribution in [0.2, 0.25) is 0 Å². The third-order valence-corrected chi connectivity index (χ3v) is 5.02. The molecule has 1 atom stereocenters. The molecule has 18 heavy (non-hydrogen) atoms. The van der Waals surface area contributed by atoms with Gasteiger partial charge in [-0.2, -0.15) is 8.73 Å². The number of fused-ring (bicyclic) bond motifs is 1. The Morgan fingerprint density at radius 1 is 1.39 bits per heavy atom. The van der Waals surface area contributed by atoms with Crippen molar-refractivity contribution in [1.29, 1.82) is 0 Å². The predicted molar refractivity (Wildman–Crippen MR) is 69.6 cm³/mol. The molecule has 0 aliphatic carbocycles. The van der Waals surface area contributed by atoms with E-state index in [9.17, 15) is 8.42 Å². The largest absolute Gasteiger partial charge is 0.315 e. The van der Waals surface area contributed by atoms with E-state index in [1.807, 2.05) is 0 Å². The molecule has 3 rings (SSSR count). The lowest BCUT2D eigenvalue weighted by molar-refractivity contribution is 0.560. The predicted octanol–water partition coefficient (Wildman–Crippen LogP) is 1.05. The maximum absolute atomic E-state index is 12.3. The molecule has 0 radical (unpaired) electrons. The number of hydrogen-bond acceptors (Lipinski definition) is 5. The molecule has 1 fully saturated rings. The van der Waals surface area contributed by atoms with Crippen LogP contribution in [0.15, 0.2) is 31.8 Å². The van der Waals surface area contributed by atoms with Gasteiger partial charge in [-0.3, -0.25) is 0 Å². The van der Waals surface area contributed by atoms with E-state index < -0.39 is 10.0 Å². The minimum Gasteiger partial charge on any atom is -0.315 e. The standard InChI is InChI=1S/C10H12N4O2S2/c15-18(16,14-7-4-5-11-6-7)9-3-1-2-8-10(9)13-17-12-8/h1-3,7,11,14H,4-6H2/t7-/m0/s1. The number of benzene rings is 1. The summed E-state index contributed by atoms with van der Waals surface area (Å²) >= 11 is 1.02. The molecular formula is C10H12N4O2S2. The highest BCUT2D eigenvalue weighted by Crippen LogP contribution is 2.37. The zero-order chi connectivity index (χ0) is 12.6. The maximum atomic E-state index is 12.3. The van der Waals surface area contributed by atoms with E-state index in [-0.39, 0.29) is 10.9 Å². The summed E-state index contributed by atoms with van der Waals surface area (Å²) in [4.78, 5) is 0.209. The first-order valence-corrected chi connectivity index (χ1v) is 7.82. The fraction of sp³-hybridized carbons (Fsp3) is 0.400. The third-order valence-electron chi connectivity index (χ3n) is 2.92. The Bertz CT molecular complexity index is 644. The summed E-state index contributed by atoms with van der Waals surface area (Å²) in [7, 11) is -3.53. The molecule has 0 aromatic heterocycles. The molecule has 0 bridgehead atoms. The maximum Gasteiger partial charge on any atom is 0.243 e. The molecule has 1 aromatic carbocycles. The Labute approximate surface area is 109 Å². The average molecular weight is 284 g/mol. The molecule has 0 saturated carbocycles. The number of sulfonamides is 1. The van der Waals surface area contributed by atoms with Gasteiger partial charge in [0.2, 0.25) is 10.0 Å². The van der Waals surface area contributed by atoms with Crippen molar-refractivity contribution in [3.8, 4) is 0 Å². The van der Waals surface area contributed by atoms with E-state index in [0.29, 0.717) is 17.9 Å². The van der Waals surface area contributed by atoms with Crippen molar-refractivity contribution in [1.82, 2.24) is 10.0 Å². The molecule has 6 nitrogen and oxygen atoms in total. The van der Waals surface area contributed by atoms with Crippen LogP contribution in [0, 0.1) is 0 Å². The molecule has 2 heterocycles. The monoisotopic (exact) mass is 284 g/mol. The Morgan fingerprint density at radius 3 is 3.06 bits per heavy atom. The van der Waals surface area contributed by atoms with Crippen LogP contribution >= 0.6 is 0 Å². The van der Waals surface area contributed by atoms with Crippen LogP contribution in [0.5, 0.6) is 0 Å². The number of nitrogens with one attached hydrogen (secondary N) is 2. The van der Waals surface area contributed by atoms with Crippen LogP contribution in [0.4, 0.5) is 11.4 Å². The van der Waals surface area contributed by atoms with Gasteiger partial charge in [-0.15, -0.1) is 0 Å². The van der Waals surface area contributed by atoms with E-state index in [4.69, 9.17) is 0 Å². The number of nitrogens with zero attached hydrogens (tertiary/aromatic N) is 2. The topological polar surface area (TPSA) is 82.9 Å². The fourth-order valence-corrected chi connectivity index (χ4v) is 4.07. The molecule has 2 aliphatic heterocycles. The second kappa shape index (κ2) is 4.54. The Kier molecular flexibility index (Phi) is 3.02. The summed E-state index contributed by atoms with van der Waals surface area (Å²) in [6.45, 7) is 1.51. The summed E-state index contributed by atoms with van der Waals surface area (Å²) in [5.74, 6) is 0. The number of rotatable bonds is 3. The number of hydrogen-bond donors (Lipinski definition) is 2. The summed E-state index contributed by atoms with van der Waals surface area (Å²) in [6, 6.07) is 4.96. The zero-order valence-electron chi connectivity index (χ0n) is 9.46. The van der Waals surface area contributed by atoms with Crippen molar-refractivity contribution in [2.45, 2.75) is 17.4 Å². The fourth-order valence-electron chi connectivity index (χ4n) is 2.04. The van der Waals surface area contributed by atoms with Gasteiger partial charge in [0.15, 0.2) is 0 Å². The molecule has 0 spiro atoms. The van der Waals surface area contributed by atoms with Gasteiger partial charge in [0.1, 0.15) is 16.3 Å². The normalized spacial score (nSPS) is 21.9. The Morgan fingerprint density at radius 2 is 2.28 bits per heavy atom. The van der Waals surface area contributed by atoms with Crippen LogP contribution in [0.3, 0.4) is 0 Å². The lowest BCUT2D eigenvalue weighted by Gasteiger charge is -2.13. The van der Waals surface area contributed by atoms with E-state index in [1.165, 1.54) is 0 Å². The molecule has 0 amide bonds. The third kappa shape index (κ3) is 2.12. The van der Waals surface area contributed by atoms with E-state index in [1.54, 1.807) is 18.2 Å². The summed E-state index contributed by atoms with van der Waals surface area (Å²) < 4.78 is 35.4. The highest BCUT2D eigenvalue weighted by Gasteiger charge is 2.26. The van der Waals surface area contributed by atoms with E-state index in [0.717, 1.165) is 24.3 Å². The van der Waals surface area contributed by atoms with Crippen LogP contribution in [-0.2, 0) is 21.4 Å². The average Bonchev–Trinajstić information content (AvgIpc) is 2.97. The summed E-state index contributed by atoms with van der Waals surface area (Å²) in [5.41, 5.74) is 1.06. The van der Waals surface area contributed by atoms with Crippen molar-refractivity contribution < 1.29 is 8.42 Å². The lowest BCUT2D eigenvalue weighted by atomic mass is 10.3. The van der Waals surface area contributed by atoms with Crippen LogP contribution < -0.4 is 10.0 Å². The van der Waals surface area contributed by atoms with Gasteiger partial charge in [0.05, 0.1) is 11.4 Å². The molecule has 8 heteroatoms. The lowest BCUT2D eigenvalue weighted by Crippen LogP contribution is -2.36. The Balaban J connectivity index is 1.94. The SMILES string of the molecule is O=S(=O)(N[C@H]1CCNC1)c1cccc2c1N=S=N2. The van der Waals surface area contributed by atoms with Gasteiger partial charge in [-0.25, -0.2) is 13.1 Å². The van der Waals surface area contributed by atoms with Gasteiger partial charge in [-0.05, 0) is 25.1 Å². The van der Waals surface area contributed by atoms with Gasteiger partial charge >= 0.3 is 0 Å². The summed E-state index contributed by atoms with van der Waals surface area (Å²) in [6.07, 6.45) is 0.810. The molecule has 2 N–H and O–H groups in total. The van der Waals surface area contributed by atoms with Gasteiger partial charge in [0.25, 0.3) is 0 Å². The first kappa shape index (κ1) is 12.0. The molecule has 96 valence electrons. The Hall–Kier alpha value is -1.09. The van der Waals surface area contributed by atoms with Crippen molar-refractivity contribution in [2.24, 2.45) is 8.73 Å². The zero-order valence-corrected chi connectivity index (χ0v) is 11.1. The van der Waals surface area contributed by atoms with Gasteiger partial charge in [-0.1, -0.05) is 6.07 Å². The molecule has 0 unspecified atom stereocenters. The van der Waals surface area contributed by atoms with Crippen LogP contribution in [-0.4, -0.2) is 27.5 Å². The molecule has 1 saturated heterocycles. The minimum absolute atomic E-state index is 0.0446. The van der Waals surface area contributed by atoms with Crippen molar-refractivity contribution in [2.75, 3.05) is 13.1 Å². The minimum atomic E-state index is -3.53. The quantitative estimate of drug-likeness (QED) is 0.884. The van der Waals surface area contributed by atoms with Crippen molar-refractivity contribution in [3.63, 3.8) is 0 Å². The van der Waals surface area contributed by atoms with E-state index >= 15 is 0 Å². The highest BCUT2D eigenvalue weighted by atomic mass is 32.2. The first-order valence-electron chi connectivity index (χ1n) is 5.61. The molecule has 1 aromatic rings. The smallest absolute Gasteiger partial charge is 0.243 e.